The first kappa shape index (κ1) is 13.4. The van der Waals surface area contributed by atoms with Crippen molar-refractivity contribution in [1.29, 1.82) is 0 Å². The molecule has 0 aliphatic heterocycles. The van der Waals surface area contributed by atoms with Gasteiger partial charge in [-0.2, -0.15) is 0 Å². The largest absolute Gasteiger partial charge is 0.468 e. The molecule has 0 bridgehead atoms. The number of nitrogens with zero attached hydrogens (tertiary/aromatic N) is 1. The van der Waals surface area contributed by atoms with Crippen molar-refractivity contribution in [3.8, 4) is 0 Å². The average molecular weight is 201 g/mol. The molecule has 0 rings (SSSR count). The molecule has 0 spiro atoms. The number of likely N-dealkylation sites (N-methyl/N-ethyl adjacent to an activating group) is 1. The van der Waals surface area contributed by atoms with Crippen molar-refractivity contribution in [3.05, 3.63) is 0 Å². The van der Waals surface area contributed by atoms with Crippen molar-refractivity contribution in [2.75, 3.05) is 20.2 Å². The van der Waals surface area contributed by atoms with Crippen LogP contribution in [-0.2, 0) is 9.53 Å². The van der Waals surface area contributed by atoms with E-state index < -0.39 is 0 Å². The SMILES string of the molecule is CCCCC(C(=O)OC)N(CC)CC. The summed E-state index contributed by atoms with van der Waals surface area (Å²) in [5.41, 5.74) is 0. The number of rotatable bonds is 7. The summed E-state index contributed by atoms with van der Waals surface area (Å²) in [6, 6.07) is -0.0463. The molecule has 0 N–H and O–H groups in total. The van der Waals surface area contributed by atoms with Gasteiger partial charge in [-0.1, -0.05) is 33.6 Å². The van der Waals surface area contributed by atoms with Crippen molar-refractivity contribution >= 4 is 5.97 Å². The Morgan fingerprint density at radius 2 is 1.86 bits per heavy atom. The van der Waals surface area contributed by atoms with E-state index >= 15 is 0 Å². The average Bonchev–Trinajstić information content (AvgIpc) is 2.23. The number of carbonyl (C=O) groups is 1. The van der Waals surface area contributed by atoms with Crippen LogP contribution in [0.25, 0.3) is 0 Å². The van der Waals surface area contributed by atoms with E-state index in [0.717, 1.165) is 32.4 Å². The van der Waals surface area contributed by atoms with E-state index in [2.05, 4.69) is 25.7 Å². The van der Waals surface area contributed by atoms with E-state index in [4.69, 9.17) is 4.74 Å². The van der Waals surface area contributed by atoms with E-state index in [1.54, 1.807) is 0 Å². The summed E-state index contributed by atoms with van der Waals surface area (Å²) in [6.45, 7) is 8.09. The van der Waals surface area contributed by atoms with Gasteiger partial charge in [-0.3, -0.25) is 9.69 Å². The second kappa shape index (κ2) is 7.80. The van der Waals surface area contributed by atoms with Gasteiger partial charge in [0.2, 0.25) is 0 Å². The summed E-state index contributed by atoms with van der Waals surface area (Å²) in [5, 5.41) is 0. The monoisotopic (exact) mass is 201 g/mol. The molecule has 0 aliphatic rings. The van der Waals surface area contributed by atoms with Gasteiger partial charge >= 0.3 is 5.97 Å². The van der Waals surface area contributed by atoms with Crippen LogP contribution >= 0.6 is 0 Å². The molecule has 14 heavy (non-hydrogen) atoms. The molecule has 0 heterocycles. The molecule has 3 nitrogen and oxygen atoms in total. The Hall–Kier alpha value is -0.570. The van der Waals surface area contributed by atoms with Crippen LogP contribution in [0, 0.1) is 0 Å². The molecule has 84 valence electrons. The fourth-order valence-corrected chi connectivity index (χ4v) is 1.65. The van der Waals surface area contributed by atoms with E-state index in [-0.39, 0.29) is 12.0 Å². The fourth-order valence-electron chi connectivity index (χ4n) is 1.65. The highest BCUT2D eigenvalue weighted by Gasteiger charge is 2.23. The molecule has 1 unspecified atom stereocenters. The fraction of sp³-hybridized carbons (Fsp3) is 0.909. The van der Waals surface area contributed by atoms with Gasteiger partial charge in [-0.05, 0) is 19.5 Å². The number of carbonyl (C=O) groups excluding carboxylic acids is 1. The molecular weight excluding hydrogens is 178 g/mol. The topological polar surface area (TPSA) is 29.5 Å². The van der Waals surface area contributed by atoms with Crippen molar-refractivity contribution in [1.82, 2.24) is 4.90 Å². The molecule has 0 radical (unpaired) electrons. The predicted molar refractivity (Wildman–Crippen MR) is 58.3 cm³/mol. The van der Waals surface area contributed by atoms with Crippen LogP contribution < -0.4 is 0 Å². The number of esters is 1. The van der Waals surface area contributed by atoms with Gasteiger partial charge in [0.05, 0.1) is 7.11 Å². The number of ether oxygens (including phenoxy) is 1. The van der Waals surface area contributed by atoms with Gasteiger partial charge in [0, 0.05) is 0 Å². The van der Waals surface area contributed by atoms with Crippen LogP contribution in [0.4, 0.5) is 0 Å². The molecule has 0 amide bonds. The zero-order chi connectivity index (χ0) is 11.0. The molecule has 0 aliphatic carbocycles. The minimum atomic E-state index is -0.0952. The first-order valence-corrected chi connectivity index (χ1v) is 5.53. The minimum absolute atomic E-state index is 0.0463. The van der Waals surface area contributed by atoms with Crippen LogP contribution in [0.2, 0.25) is 0 Å². The van der Waals surface area contributed by atoms with Gasteiger partial charge < -0.3 is 4.74 Å². The Morgan fingerprint density at radius 3 is 2.21 bits per heavy atom. The van der Waals surface area contributed by atoms with Crippen LogP contribution in [0.1, 0.15) is 40.0 Å². The first-order valence-electron chi connectivity index (χ1n) is 5.53. The van der Waals surface area contributed by atoms with E-state index in [0.29, 0.717) is 0 Å². The summed E-state index contributed by atoms with van der Waals surface area (Å²) < 4.78 is 4.81. The first-order chi connectivity index (χ1) is 6.71. The maximum Gasteiger partial charge on any atom is 0.323 e. The molecular formula is C11H23NO2. The molecule has 0 saturated carbocycles. The van der Waals surface area contributed by atoms with E-state index in [9.17, 15) is 4.79 Å². The number of hydrogen-bond acceptors (Lipinski definition) is 3. The number of hydrogen-bond donors (Lipinski definition) is 0. The zero-order valence-electron chi connectivity index (χ0n) is 9.88. The highest BCUT2D eigenvalue weighted by molar-refractivity contribution is 5.75. The standard InChI is InChI=1S/C11H23NO2/c1-5-8-9-10(11(13)14-4)12(6-2)7-3/h10H,5-9H2,1-4H3. The highest BCUT2D eigenvalue weighted by atomic mass is 16.5. The quantitative estimate of drug-likeness (QED) is 0.590. The molecule has 1 atom stereocenters. The Balaban J connectivity index is 4.27. The lowest BCUT2D eigenvalue weighted by Gasteiger charge is -2.27. The molecule has 3 heteroatoms. The van der Waals surface area contributed by atoms with Crippen molar-refractivity contribution < 1.29 is 9.53 Å². The summed E-state index contributed by atoms with van der Waals surface area (Å²) >= 11 is 0. The molecule has 0 aromatic rings. The molecule has 0 aromatic carbocycles. The van der Waals surface area contributed by atoms with Crippen molar-refractivity contribution in [2.24, 2.45) is 0 Å². The third-order valence-electron chi connectivity index (χ3n) is 2.56. The van der Waals surface area contributed by atoms with Crippen LogP contribution in [0.15, 0.2) is 0 Å². The van der Waals surface area contributed by atoms with Gasteiger partial charge in [0.25, 0.3) is 0 Å². The lowest BCUT2D eigenvalue weighted by atomic mass is 10.1. The van der Waals surface area contributed by atoms with Crippen LogP contribution in [0.5, 0.6) is 0 Å². The minimum Gasteiger partial charge on any atom is -0.468 e. The van der Waals surface area contributed by atoms with Crippen molar-refractivity contribution in [3.63, 3.8) is 0 Å². The van der Waals surface area contributed by atoms with Gasteiger partial charge in [0.15, 0.2) is 0 Å². The third-order valence-corrected chi connectivity index (χ3v) is 2.56. The summed E-state index contributed by atoms with van der Waals surface area (Å²) in [5.74, 6) is -0.0952. The van der Waals surface area contributed by atoms with Crippen LogP contribution in [-0.4, -0.2) is 37.1 Å². The van der Waals surface area contributed by atoms with Crippen LogP contribution in [0.3, 0.4) is 0 Å². The molecule has 0 saturated heterocycles. The maximum atomic E-state index is 11.5. The lowest BCUT2D eigenvalue weighted by molar-refractivity contribution is -0.147. The smallest absolute Gasteiger partial charge is 0.323 e. The zero-order valence-corrected chi connectivity index (χ0v) is 9.88. The molecule has 0 aromatic heterocycles. The Labute approximate surface area is 87.4 Å². The molecule has 0 fully saturated rings. The second-order valence-corrected chi connectivity index (χ2v) is 3.40. The van der Waals surface area contributed by atoms with Gasteiger partial charge in [-0.15, -0.1) is 0 Å². The van der Waals surface area contributed by atoms with Crippen molar-refractivity contribution in [2.45, 2.75) is 46.1 Å². The number of methoxy groups -OCH3 is 1. The summed E-state index contributed by atoms with van der Waals surface area (Å²) in [4.78, 5) is 13.7. The highest BCUT2D eigenvalue weighted by Crippen LogP contribution is 2.10. The van der Waals surface area contributed by atoms with E-state index in [1.165, 1.54) is 7.11 Å². The maximum absolute atomic E-state index is 11.5. The second-order valence-electron chi connectivity index (χ2n) is 3.40. The Bertz CT molecular complexity index is 155. The van der Waals surface area contributed by atoms with Gasteiger partial charge in [-0.25, -0.2) is 0 Å². The Morgan fingerprint density at radius 1 is 1.29 bits per heavy atom. The normalized spacial score (nSPS) is 12.9. The lowest BCUT2D eigenvalue weighted by Crippen LogP contribution is -2.41. The number of unbranched alkanes of at least 4 members (excludes halogenated alkanes) is 1. The summed E-state index contributed by atoms with van der Waals surface area (Å²) in [6.07, 6.45) is 3.11. The summed E-state index contributed by atoms with van der Waals surface area (Å²) in [7, 11) is 1.46. The Kier molecular flexibility index (Phi) is 7.48. The van der Waals surface area contributed by atoms with Gasteiger partial charge in [0.1, 0.15) is 6.04 Å². The third kappa shape index (κ3) is 4.09. The predicted octanol–water partition coefficient (Wildman–Crippen LogP) is 2.06. The van der Waals surface area contributed by atoms with E-state index in [1.807, 2.05) is 0 Å².